The number of nitrogens with one attached hydrogen (secondary N) is 1. The summed E-state index contributed by atoms with van der Waals surface area (Å²) in [6.07, 6.45) is 0. The Bertz CT molecular complexity index is 878. The first-order chi connectivity index (χ1) is 13.9. The van der Waals surface area contributed by atoms with Gasteiger partial charge in [0.15, 0.2) is 23.0 Å². The van der Waals surface area contributed by atoms with E-state index in [9.17, 15) is 13.6 Å². The number of nitrogens with zero attached hydrogens (tertiary/aromatic N) is 1. The molecule has 0 saturated carbocycles. The normalized spacial score (nSPS) is 13.5. The molecule has 0 aliphatic carbocycles. The van der Waals surface area contributed by atoms with E-state index in [1.54, 1.807) is 44.3 Å². The highest BCUT2D eigenvalue weighted by Crippen LogP contribution is 2.34. The van der Waals surface area contributed by atoms with Crippen LogP contribution in [0.5, 0.6) is 23.0 Å². The molecule has 1 aliphatic heterocycles. The van der Waals surface area contributed by atoms with E-state index in [0.29, 0.717) is 23.7 Å². The van der Waals surface area contributed by atoms with Crippen LogP contribution in [0.15, 0.2) is 36.4 Å². The highest BCUT2D eigenvalue weighted by atomic mass is 19.3. The van der Waals surface area contributed by atoms with Crippen LogP contribution in [0.25, 0.3) is 0 Å². The van der Waals surface area contributed by atoms with Gasteiger partial charge in [-0.15, -0.1) is 0 Å². The molecule has 0 aromatic heterocycles. The molecule has 0 bridgehead atoms. The number of benzene rings is 2. The lowest BCUT2D eigenvalue weighted by molar-refractivity contribution is -0.120. The van der Waals surface area contributed by atoms with Gasteiger partial charge < -0.3 is 24.3 Å². The van der Waals surface area contributed by atoms with Crippen LogP contribution < -0.4 is 24.3 Å². The minimum Gasteiger partial charge on any atom is -0.493 e. The summed E-state index contributed by atoms with van der Waals surface area (Å²) < 4.78 is 45.0. The van der Waals surface area contributed by atoms with Gasteiger partial charge in [0.1, 0.15) is 0 Å². The van der Waals surface area contributed by atoms with E-state index in [4.69, 9.17) is 14.2 Å². The molecule has 2 aromatic carbocycles. The largest absolute Gasteiger partial charge is 0.493 e. The number of fused-ring (bicyclic) bond motifs is 1. The van der Waals surface area contributed by atoms with E-state index in [1.807, 2.05) is 4.90 Å². The van der Waals surface area contributed by atoms with Crippen LogP contribution in [0.2, 0.25) is 0 Å². The zero-order chi connectivity index (χ0) is 21.0. The number of hydrogen-bond donors (Lipinski definition) is 1. The average Bonchev–Trinajstić information content (AvgIpc) is 3.15. The van der Waals surface area contributed by atoms with Crippen LogP contribution in [-0.2, 0) is 11.3 Å². The maximum Gasteiger partial charge on any atom is 0.387 e. The molecule has 29 heavy (non-hydrogen) atoms. The number of hydrogen-bond acceptors (Lipinski definition) is 6. The summed E-state index contributed by atoms with van der Waals surface area (Å²) >= 11 is 0. The molecular formula is C20H22F2N2O5. The van der Waals surface area contributed by atoms with Crippen molar-refractivity contribution in [3.63, 3.8) is 0 Å². The molecule has 0 unspecified atom stereocenters. The van der Waals surface area contributed by atoms with Crippen LogP contribution in [0.4, 0.5) is 14.5 Å². The highest BCUT2D eigenvalue weighted by Gasteiger charge is 2.21. The molecular weight excluding hydrogens is 386 g/mol. The standard InChI is InChI=1S/C20H22F2N2O5/c1-12(19(25)23-14-5-7-15-18(9-14)28-11-27-15)24(2)10-13-4-6-16(29-20(21)22)17(8-13)26-3/h4-9,12,20H,10-11H2,1-3H3,(H,23,25)/t12-/m1/s1. The second-order valence-corrected chi connectivity index (χ2v) is 6.51. The second-order valence-electron chi connectivity index (χ2n) is 6.51. The average molecular weight is 408 g/mol. The van der Waals surface area contributed by atoms with Crippen LogP contribution in [0.3, 0.4) is 0 Å². The molecule has 0 fully saturated rings. The molecule has 0 radical (unpaired) electrons. The Morgan fingerprint density at radius 3 is 2.66 bits per heavy atom. The van der Waals surface area contributed by atoms with Gasteiger partial charge in [-0.1, -0.05) is 6.07 Å². The van der Waals surface area contributed by atoms with E-state index in [-0.39, 0.29) is 24.2 Å². The van der Waals surface area contributed by atoms with E-state index >= 15 is 0 Å². The zero-order valence-corrected chi connectivity index (χ0v) is 16.3. The number of carbonyl (C=O) groups excluding carboxylic acids is 1. The Hall–Kier alpha value is -3.07. The SMILES string of the molecule is COc1cc(CN(C)[C@H](C)C(=O)Nc2ccc3c(c2)OCO3)ccc1OC(F)F. The first-order valence-electron chi connectivity index (χ1n) is 8.90. The van der Waals surface area contributed by atoms with Crippen molar-refractivity contribution in [2.75, 3.05) is 26.3 Å². The van der Waals surface area contributed by atoms with Gasteiger partial charge in [-0.2, -0.15) is 8.78 Å². The van der Waals surface area contributed by atoms with Crippen molar-refractivity contribution in [2.45, 2.75) is 26.1 Å². The Balaban J connectivity index is 1.62. The van der Waals surface area contributed by atoms with Gasteiger partial charge >= 0.3 is 6.61 Å². The third-order valence-corrected chi connectivity index (χ3v) is 4.56. The molecule has 3 rings (SSSR count). The quantitative estimate of drug-likeness (QED) is 0.721. The van der Waals surface area contributed by atoms with Crippen molar-refractivity contribution in [1.29, 1.82) is 0 Å². The van der Waals surface area contributed by atoms with Crippen molar-refractivity contribution >= 4 is 11.6 Å². The Kier molecular flexibility index (Phi) is 6.38. The Labute approximate surface area is 167 Å². The fraction of sp³-hybridized carbons (Fsp3) is 0.350. The molecule has 1 heterocycles. The minimum atomic E-state index is -2.93. The maximum atomic E-state index is 12.6. The first-order valence-corrected chi connectivity index (χ1v) is 8.90. The van der Waals surface area contributed by atoms with Crippen molar-refractivity contribution in [2.24, 2.45) is 0 Å². The Morgan fingerprint density at radius 1 is 1.17 bits per heavy atom. The molecule has 2 aromatic rings. The van der Waals surface area contributed by atoms with Gasteiger partial charge in [-0.3, -0.25) is 9.69 Å². The summed E-state index contributed by atoms with van der Waals surface area (Å²) in [5, 5.41) is 2.85. The summed E-state index contributed by atoms with van der Waals surface area (Å²) in [7, 11) is 3.17. The third kappa shape index (κ3) is 5.05. The second kappa shape index (κ2) is 8.95. The highest BCUT2D eigenvalue weighted by molar-refractivity contribution is 5.94. The summed E-state index contributed by atoms with van der Waals surface area (Å²) in [4.78, 5) is 14.4. The third-order valence-electron chi connectivity index (χ3n) is 4.56. The number of halogens is 2. The summed E-state index contributed by atoms with van der Waals surface area (Å²) in [6.45, 7) is -0.594. The summed E-state index contributed by atoms with van der Waals surface area (Å²) in [5.41, 5.74) is 1.39. The lowest BCUT2D eigenvalue weighted by Gasteiger charge is -2.24. The van der Waals surface area contributed by atoms with Crippen LogP contribution in [-0.4, -0.2) is 44.4 Å². The van der Waals surface area contributed by atoms with Gasteiger partial charge in [-0.25, -0.2) is 0 Å². The Morgan fingerprint density at radius 2 is 1.93 bits per heavy atom. The monoisotopic (exact) mass is 408 g/mol. The van der Waals surface area contributed by atoms with Gasteiger partial charge in [0.2, 0.25) is 12.7 Å². The lowest BCUT2D eigenvalue weighted by atomic mass is 10.1. The number of methoxy groups -OCH3 is 1. The molecule has 1 atom stereocenters. The van der Waals surface area contributed by atoms with E-state index in [1.165, 1.54) is 13.2 Å². The van der Waals surface area contributed by atoms with Gasteiger partial charge in [0.05, 0.1) is 13.2 Å². The summed E-state index contributed by atoms with van der Waals surface area (Å²) in [5.74, 6) is 1.19. The molecule has 1 N–H and O–H groups in total. The van der Waals surface area contributed by atoms with Crippen molar-refractivity contribution in [3.05, 3.63) is 42.0 Å². The van der Waals surface area contributed by atoms with Crippen molar-refractivity contribution < 1.29 is 32.5 Å². The minimum absolute atomic E-state index is 0.0393. The van der Waals surface area contributed by atoms with Crippen LogP contribution >= 0.6 is 0 Å². The molecule has 156 valence electrons. The van der Waals surface area contributed by atoms with E-state index < -0.39 is 12.7 Å². The van der Waals surface area contributed by atoms with Gasteiger partial charge in [-0.05, 0) is 43.8 Å². The molecule has 7 nitrogen and oxygen atoms in total. The molecule has 0 saturated heterocycles. The predicted molar refractivity (Wildman–Crippen MR) is 102 cm³/mol. The fourth-order valence-corrected chi connectivity index (χ4v) is 2.85. The van der Waals surface area contributed by atoms with Gasteiger partial charge in [0, 0.05) is 18.3 Å². The van der Waals surface area contributed by atoms with Crippen molar-refractivity contribution in [3.8, 4) is 23.0 Å². The number of anilines is 1. The number of likely N-dealkylation sites (N-methyl/N-ethyl adjacent to an activating group) is 1. The molecule has 1 amide bonds. The summed E-state index contributed by atoms with van der Waals surface area (Å²) in [6, 6.07) is 9.41. The predicted octanol–water partition coefficient (Wildman–Crippen LogP) is 3.48. The topological polar surface area (TPSA) is 69.3 Å². The zero-order valence-electron chi connectivity index (χ0n) is 16.3. The number of amides is 1. The number of rotatable bonds is 8. The fourth-order valence-electron chi connectivity index (χ4n) is 2.85. The van der Waals surface area contributed by atoms with Crippen LogP contribution in [0, 0.1) is 0 Å². The smallest absolute Gasteiger partial charge is 0.387 e. The number of ether oxygens (including phenoxy) is 4. The molecule has 1 aliphatic rings. The number of alkyl halides is 2. The lowest BCUT2D eigenvalue weighted by Crippen LogP contribution is -2.39. The maximum absolute atomic E-state index is 12.6. The van der Waals surface area contributed by atoms with E-state index in [0.717, 1.165) is 5.56 Å². The number of carbonyl (C=O) groups is 1. The first kappa shape index (κ1) is 20.7. The molecule has 9 heteroatoms. The van der Waals surface area contributed by atoms with E-state index in [2.05, 4.69) is 10.1 Å². The van der Waals surface area contributed by atoms with Gasteiger partial charge in [0.25, 0.3) is 0 Å². The van der Waals surface area contributed by atoms with Crippen molar-refractivity contribution in [1.82, 2.24) is 4.90 Å². The molecule has 0 spiro atoms. The van der Waals surface area contributed by atoms with Crippen LogP contribution in [0.1, 0.15) is 12.5 Å².